The molecular formula is C10H20N2O2S. The van der Waals surface area contributed by atoms with Crippen molar-refractivity contribution in [2.45, 2.75) is 50.4 Å². The highest BCUT2D eigenvalue weighted by atomic mass is 32.2. The average molecular weight is 232 g/mol. The van der Waals surface area contributed by atoms with E-state index in [0.29, 0.717) is 12.6 Å². The molecule has 0 bridgehead atoms. The number of nitrogens with zero attached hydrogens (tertiary/aromatic N) is 1. The molecule has 88 valence electrons. The molecule has 0 aromatic heterocycles. The summed E-state index contributed by atoms with van der Waals surface area (Å²) < 4.78 is 26.6. The van der Waals surface area contributed by atoms with Gasteiger partial charge in [0.1, 0.15) is 0 Å². The maximum Gasteiger partial charge on any atom is 0.216 e. The van der Waals surface area contributed by atoms with E-state index in [9.17, 15) is 8.42 Å². The highest BCUT2D eigenvalue weighted by Gasteiger charge is 2.37. The number of sulfonamides is 1. The Kier molecular flexibility index (Phi) is 3.05. The molecule has 1 saturated heterocycles. The van der Waals surface area contributed by atoms with E-state index in [4.69, 9.17) is 0 Å². The van der Waals surface area contributed by atoms with Crippen LogP contribution in [0.25, 0.3) is 0 Å². The van der Waals surface area contributed by atoms with Gasteiger partial charge in [0, 0.05) is 18.6 Å². The van der Waals surface area contributed by atoms with E-state index in [1.165, 1.54) is 0 Å². The lowest BCUT2D eigenvalue weighted by atomic mass is 10.3. The van der Waals surface area contributed by atoms with Crippen LogP contribution in [0.5, 0.6) is 0 Å². The molecule has 15 heavy (non-hydrogen) atoms. The molecule has 0 radical (unpaired) electrons. The first-order valence-electron chi connectivity index (χ1n) is 5.74. The van der Waals surface area contributed by atoms with Crippen LogP contribution in [0.15, 0.2) is 0 Å². The largest absolute Gasteiger partial charge is 0.300 e. The van der Waals surface area contributed by atoms with Gasteiger partial charge in [0.25, 0.3) is 0 Å². The quantitative estimate of drug-likeness (QED) is 0.770. The van der Waals surface area contributed by atoms with Gasteiger partial charge in [-0.3, -0.25) is 4.90 Å². The maximum atomic E-state index is 11.9. The Labute approximate surface area is 92.1 Å². The summed E-state index contributed by atoms with van der Waals surface area (Å²) in [5, 5.41) is -0.194. The fraction of sp³-hybridized carbons (Fsp3) is 1.00. The molecule has 0 unspecified atom stereocenters. The minimum absolute atomic E-state index is 0.194. The summed E-state index contributed by atoms with van der Waals surface area (Å²) >= 11 is 0. The summed E-state index contributed by atoms with van der Waals surface area (Å²) in [6.45, 7) is 5.83. The maximum absolute atomic E-state index is 11.9. The molecule has 1 N–H and O–H groups in total. The van der Waals surface area contributed by atoms with Gasteiger partial charge >= 0.3 is 0 Å². The van der Waals surface area contributed by atoms with Crippen molar-refractivity contribution in [3.8, 4) is 0 Å². The first kappa shape index (κ1) is 11.4. The van der Waals surface area contributed by atoms with Crippen molar-refractivity contribution in [2.24, 2.45) is 0 Å². The Morgan fingerprint density at radius 1 is 1.27 bits per heavy atom. The zero-order valence-electron chi connectivity index (χ0n) is 9.44. The number of nitrogens with one attached hydrogen (secondary N) is 1. The Morgan fingerprint density at radius 2 is 1.93 bits per heavy atom. The van der Waals surface area contributed by atoms with E-state index >= 15 is 0 Å². The highest BCUT2D eigenvalue weighted by Crippen LogP contribution is 2.24. The molecule has 1 aliphatic carbocycles. The van der Waals surface area contributed by atoms with E-state index in [1.54, 1.807) is 0 Å². The molecule has 2 aliphatic rings. The van der Waals surface area contributed by atoms with E-state index in [0.717, 1.165) is 25.8 Å². The van der Waals surface area contributed by atoms with Crippen molar-refractivity contribution in [3.63, 3.8) is 0 Å². The molecule has 1 saturated carbocycles. The molecule has 1 atom stereocenters. The Balaban J connectivity index is 1.94. The zero-order valence-corrected chi connectivity index (χ0v) is 10.3. The Bertz CT molecular complexity index is 322. The predicted octanol–water partition coefficient (Wildman–Crippen LogP) is 0.551. The second kappa shape index (κ2) is 4.03. The van der Waals surface area contributed by atoms with Crippen LogP contribution in [0, 0.1) is 0 Å². The van der Waals surface area contributed by atoms with Crippen LogP contribution >= 0.6 is 0 Å². The molecule has 5 heteroatoms. The minimum atomic E-state index is -3.05. The summed E-state index contributed by atoms with van der Waals surface area (Å²) in [7, 11) is -3.05. The molecule has 2 rings (SSSR count). The van der Waals surface area contributed by atoms with Gasteiger partial charge in [-0.1, -0.05) is 0 Å². The summed E-state index contributed by atoms with van der Waals surface area (Å²) in [5.74, 6) is 0. The lowest BCUT2D eigenvalue weighted by Gasteiger charge is -2.20. The second-order valence-corrected chi connectivity index (χ2v) is 6.93. The second-order valence-electron chi connectivity index (χ2n) is 4.94. The number of rotatable bonds is 4. The van der Waals surface area contributed by atoms with Gasteiger partial charge < -0.3 is 0 Å². The van der Waals surface area contributed by atoms with Crippen molar-refractivity contribution in [2.75, 3.05) is 13.1 Å². The third kappa shape index (κ3) is 2.71. The summed E-state index contributed by atoms with van der Waals surface area (Å²) in [6.07, 6.45) is 2.81. The molecule has 0 amide bonds. The fourth-order valence-corrected chi connectivity index (χ4v) is 3.70. The van der Waals surface area contributed by atoms with Gasteiger partial charge in [0.05, 0.1) is 5.25 Å². The van der Waals surface area contributed by atoms with E-state index < -0.39 is 10.0 Å². The molecule has 0 aromatic rings. The van der Waals surface area contributed by atoms with Crippen LogP contribution in [0.4, 0.5) is 0 Å². The van der Waals surface area contributed by atoms with E-state index in [1.807, 2.05) is 0 Å². The van der Waals surface area contributed by atoms with Gasteiger partial charge in [-0.05, 0) is 39.7 Å². The fourth-order valence-electron chi connectivity index (χ4n) is 2.01. The van der Waals surface area contributed by atoms with Gasteiger partial charge in [0.2, 0.25) is 10.0 Å². The van der Waals surface area contributed by atoms with Crippen LogP contribution in [-0.4, -0.2) is 43.7 Å². The van der Waals surface area contributed by atoms with Gasteiger partial charge in [-0.25, -0.2) is 13.1 Å². The predicted molar refractivity (Wildman–Crippen MR) is 60.2 cm³/mol. The number of likely N-dealkylation sites (tertiary alicyclic amines) is 1. The third-order valence-electron chi connectivity index (χ3n) is 3.25. The van der Waals surface area contributed by atoms with Crippen LogP contribution in [0.3, 0.4) is 0 Å². The van der Waals surface area contributed by atoms with Crippen molar-refractivity contribution < 1.29 is 8.42 Å². The Hall–Kier alpha value is -0.130. The lowest BCUT2D eigenvalue weighted by Crippen LogP contribution is -2.38. The van der Waals surface area contributed by atoms with Crippen LogP contribution in [0.2, 0.25) is 0 Å². The normalized spacial score (nSPS) is 28.9. The van der Waals surface area contributed by atoms with Gasteiger partial charge in [-0.15, -0.1) is 0 Å². The molecule has 2 fully saturated rings. The van der Waals surface area contributed by atoms with E-state index in [-0.39, 0.29) is 11.3 Å². The van der Waals surface area contributed by atoms with Gasteiger partial charge in [0.15, 0.2) is 0 Å². The van der Waals surface area contributed by atoms with E-state index in [2.05, 4.69) is 23.5 Å². The summed E-state index contributed by atoms with van der Waals surface area (Å²) in [4.78, 5) is 2.23. The zero-order chi connectivity index (χ0) is 11.1. The monoisotopic (exact) mass is 232 g/mol. The van der Waals surface area contributed by atoms with Crippen molar-refractivity contribution >= 4 is 10.0 Å². The Morgan fingerprint density at radius 3 is 2.40 bits per heavy atom. The molecule has 1 aliphatic heterocycles. The molecule has 1 heterocycles. The van der Waals surface area contributed by atoms with Crippen molar-refractivity contribution in [1.29, 1.82) is 0 Å². The lowest BCUT2D eigenvalue weighted by molar-refractivity contribution is 0.276. The first-order valence-corrected chi connectivity index (χ1v) is 7.29. The summed E-state index contributed by atoms with van der Waals surface area (Å²) in [5.41, 5.74) is 0. The molecular weight excluding hydrogens is 212 g/mol. The SMILES string of the molecule is CC(C)N1CC[C@@H](S(=O)(=O)NC2CC2)C1. The number of hydrogen-bond acceptors (Lipinski definition) is 3. The standard InChI is InChI=1S/C10H20N2O2S/c1-8(2)12-6-5-10(7-12)15(13,14)11-9-3-4-9/h8-11H,3-7H2,1-2H3/t10-/m1/s1. The van der Waals surface area contributed by atoms with Crippen LogP contribution < -0.4 is 4.72 Å². The highest BCUT2D eigenvalue weighted by molar-refractivity contribution is 7.90. The minimum Gasteiger partial charge on any atom is -0.300 e. The van der Waals surface area contributed by atoms with Crippen molar-refractivity contribution in [1.82, 2.24) is 9.62 Å². The molecule has 4 nitrogen and oxygen atoms in total. The van der Waals surface area contributed by atoms with Gasteiger partial charge in [-0.2, -0.15) is 0 Å². The topological polar surface area (TPSA) is 49.4 Å². The van der Waals surface area contributed by atoms with Crippen molar-refractivity contribution in [3.05, 3.63) is 0 Å². The average Bonchev–Trinajstić information content (AvgIpc) is 2.80. The third-order valence-corrected chi connectivity index (χ3v) is 5.18. The molecule has 0 spiro atoms. The molecule has 0 aromatic carbocycles. The summed E-state index contributed by atoms with van der Waals surface area (Å²) in [6, 6.07) is 0.689. The number of hydrogen-bond donors (Lipinski definition) is 1. The first-order chi connectivity index (χ1) is 6.99. The van der Waals surface area contributed by atoms with Crippen LogP contribution in [-0.2, 0) is 10.0 Å². The van der Waals surface area contributed by atoms with Crippen LogP contribution in [0.1, 0.15) is 33.1 Å². The smallest absolute Gasteiger partial charge is 0.216 e.